The standard InChI is InChI=1S/C38H40F2N10O7/c39-33(40)32-27(43-35(52)25-15-42-48-12-10-29(44-34(25)48)47-16-23-14-22(47)19-57-23)17-49(46-32)21-6-4-20(5-7-21)18-56-13-11-41-26-3-1-2-24-31(26)38(55)50(37(24)54)28-8-9-30(51)45-36(28)53/h1-3,10,12,15,17,20-23,28,33,41H,4-9,11,13-14,16,18-19H2,(H,43,52)(H,45,51,53)/t20?,21?,22-,23-,28?/m1/s1. The number of benzene rings is 1. The van der Waals surface area contributed by atoms with Gasteiger partial charge < -0.3 is 25.0 Å². The topological polar surface area (TPSA) is 194 Å². The summed E-state index contributed by atoms with van der Waals surface area (Å²) in [5.74, 6) is -1.92. The van der Waals surface area contributed by atoms with Crippen LogP contribution in [0.15, 0.2) is 42.9 Å². The summed E-state index contributed by atoms with van der Waals surface area (Å²) in [6.07, 6.45) is 5.82. The Morgan fingerprint density at radius 3 is 2.63 bits per heavy atom. The van der Waals surface area contributed by atoms with E-state index < -0.39 is 47.7 Å². The van der Waals surface area contributed by atoms with E-state index in [1.165, 1.54) is 27.7 Å². The van der Waals surface area contributed by atoms with E-state index in [4.69, 9.17) is 14.5 Å². The third-order valence-electron chi connectivity index (χ3n) is 11.6. The summed E-state index contributed by atoms with van der Waals surface area (Å²) >= 11 is 0. The van der Waals surface area contributed by atoms with Gasteiger partial charge in [0.25, 0.3) is 24.1 Å². The van der Waals surface area contributed by atoms with Crippen molar-refractivity contribution in [3.8, 4) is 0 Å². The van der Waals surface area contributed by atoms with Crippen molar-refractivity contribution < 1.29 is 42.2 Å². The van der Waals surface area contributed by atoms with Crippen molar-refractivity contribution in [1.29, 1.82) is 0 Å². The van der Waals surface area contributed by atoms with Gasteiger partial charge in [-0.1, -0.05) is 6.07 Å². The molecule has 5 amide bonds. The normalized spacial score (nSPS) is 24.5. The van der Waals surface area contributed by atoms with E-state index in [1.54, 1.807) is 18.3 Å². The molecule has 298 valence electrons. The van der Waals surface area contributed by atoms with E-state index >= 15 is 0 Å². The first kappa shape index (κ1) is 36.8. The van der Waals surface area contributed by atoms with Crippen LogP contribution in [0.5, 0.6) is 0 Å². The Balaban J connectivity index is 0.766. The zero-order chi connectivity index (χ0) is 39.4. The number of alkyl halides is 2. The lowest BCUT2D eigenvalue weighted by atomic mass is 9.86. The molecule has 4 aromatic rings. The molecule has 1 aromatic carbocycles. The van der Waals surface area contributed by atoms with Crippen LogP contribution in [0.1, 0.15) is 94.2 Å². The summed E-state index contributed by atoms with van der Waals surface area (Å²) in [5.41, 5.74) is 0.752. The number of carbonyl (C=O) groups is 5. The van der Waals surface area contributed by atoms with Crippen molar-refractivity contribution in [2.45, 2.75) is 75.6 Å². The Morgan fingerprint density at radius 2 is 1.88 bits per heavy atom. The molecule has 0 spiro atoms. The molecule has 3 atom stereocenters. The van der Waals surface area contributed by atoms with Gasteiger partial charge in [0.05, 0.1) is 54.4 Å². The molecule has 57 heavy (non-hydrogen) atoms. The summed E-state index contributed by atoms with van der Waals surface area (Å²) in [6.45, 7) is 2.50. The number of carbonyl (C=O) groups excluding carboxylic acids is 5. The van der Waals surface area contributed by atoms with Crippen molar-refractivity contribution in [1.82, 2.24) is 34.6 Å². The minimum atomic E-state index is -2.90. The molecule has 0 radical (unpaired) electrons. The number of hydrogen-bond acceptors (Lipinski definition) is 12. The zero-order valence-corrected chi connectivity index (χ0v) is 30.7. The minimum Gasteiger partial charge on any atom is -0.382 e. The average Bonchev–Trinajstić information content (AvgIpc) is 4.05. The maximum absolute atomic E-state index is 14.2. The number of imide groups is 2. The molecule has 17 nitrogen and oxygen atoms in total. The van der Waals surface area contributed by atoms with Crippen molar-refractivity contribution in [2.24, 2.45) is 5.92 Å². The largest absolute Gasteiger partial charge is 0.382 e. The van der Waals surface area contributed by atoms with Crippen LogP contribution in [0.3, 0.4) is 0 Å². The van der Waals surface area contributed by atoms with Crippen molar-refractivity contribution in [3.05, 3.63) is 65.2 Å². The lowest BCUT2D eigenvalue weighted by Gasteiger charge is -2.28. The van der Waals surface area contributed by atoms with E-state index in [0.717, 1.165) is 30.7 Å². The highest BCUT2D eigenvalue weighted by atomic mass is 19.3. The van der Waals surface area contributed by atoms with Crippen LogP contribution in [-0.2, 0) is 19.1 Å². The molecule has 4 aliphatic heterocycles. The van der Waals surface area contributed by atoms with E-state index in [0.29, 0.717) is 56.4 Å². The Hall–Kier alpha value is -5.82. The van der Waals surface area contributed by atoms with Crippen LogP contribution in [0, 0.1) is 5.92 Å². The van der Waals surface area contributed by atoms with Crippen LogP contribution >= 0.6 is 0 Å². The molecule has 9 rings (SSSR count). The van der Waals surface area contributed by atoms with Gasteiger partial charge in [0.15, 0.2) is 11.3 Å². The van der Waals surface area contributed by atoms with Crippen molar-refractivity contribution in [2.75, 3.05) is 48.4 Å². The van der Waals surface area contributed by atoms with Gasteiger partial charge in [-0.2, -0.15) is 10.2 Å². The van der Waals surface area contributed by atoms with E-state index in [2.05, 4.69) is 31.0 Å². The smallest absolute Gasteiger partial charge is 0.284 e. The lowest BCUT2D eigenvalue weighted by Crippen LogP contribution is -2.54. The predicted molar refractivity (Wildman–Crippen MR) is 197 cm³/mol. The number of hydrogen-bond donors (Lipinski definition) is 3. The van der Waals surface area contributed by atoms with E-state index in [-0.39, 0.29) is 59.3 Å². The van der Waals surface area contributed by atoms with Crippen molar-refractivity contribution >= 4 is 52.4 Å². The van der Waals surface area contributed by atoms with Gasteiger partial charge in [-0.25, -0.2) is 18.3 Å². The lowest BCUT2D eigenvalue weighted by molar-refractivity contribution is -0.136. The fourth-order valence-electron chi connectivity index (χ4n) is 8.65. The van der Waals surface area contributed by atoms with Crippen molar-refractivity contribution in [3.63, 3.8) is 0 Å². The number of fused-ring (bicyclic) bond motifs is 4. The molecule has 1 aliphatic carbocycles. The molecular formula is C38H40F2N10O7. The van der Waals surface area contributed by atoms with Gasteiger partial charge in [0, 0.05) is 44.2 Å². The second-order valence-electron chi connectivity index (χ2n) is 15.1. The predicted octanol–water partition coefficient (Wildman–Crippen LogP) is 3.35. The van der Waals surface area contributed by atoms with E-state index in [1.807, 2.05) is 6.07 Å². The van der Waals surface area contributed by atoms with Gasteiger partial charge in [0.2, 0.25) is 11.8 Å². The van der Waals surface area contributed by atoms with Gasteiger partial charge >= 0.3 is 0 Å². The molecule has 3 saturated heterocycles. The van der Waals surface area contributed by atoms with Crippen LogP contribution in [-0.4, -0.2) is 110 Å². The number of aromatic nitrogens is 5. The van der Waals surface area contributed by atoms with Gasteiger partial charge in [0.1, 0.15) is 17.4 Å². The molecule has 4 fully saturated rings. The maximum atomic E-state index is 14.2. The van der Waals surface area contributed by atoms with Gasteiger partial charge in [-0.05, 0) is 62.6 Å². The molecule has 1 unspecified atom stereocenters. The fraction of sp³-hybridized carbons (Fsp3) is 0.474. The monoisotopic (exact) mass is 786 g/mol. The first-order valence-electron chi connectivity index (χ1n) is 19.2. The molecule has 3 N–H and O–H groups in total. The number of rotatable bonds is 12. The van der Waals surface area contributed by atoms with Crippen LogP contribution < -0.4 is 20.9 Å². The second kappa shape index (κ2) is 14.9. The molecule has 7 heterocycles. The highest BCUT2D eigenvalue weighted by molar-refractivity contribution is 6.25. The molecule has 3 aromatic heterocycles. The Morgan fingerprint density at radius 1 is 1.04 bits per heavy atom. The summed E-state index contributed by atoms with van der Waals surface area (Å²) in [6, 6.07) is 5.77. The number of piperidine rings is 1. The van der Waals surface area contributed by atoms with Gasteiger partial charge in [-0.3, -0.25) is 38.9 Å². The Kier molecular flexibility index (Phi) is 9.63. The molecule has 1 saturated carbocycles. The average molecular weight is 787 g/mol. The Bertz CT molecular complexity index is 2270. The molecular weight excluding hydrogens is 746 g/mol. The van der Waals surface area contributed by atoms with Crippen LogP contribution in [0.4, 0.5) is 26.0 Å². The number of anilines is 3. The molecule has 2 bridgehead atoms. The Labute approximate surface area is 324 Å². The molecule has 19 heteroatoms. The second-order valence-corrected chi connectivity index (χ2v) is 15.1. The summed E-state index contributed by atoms with van der Waals surface area (Å²) in [7, 11) is 0. The zero-order valence-electron chi connectivity index (χ0n) is 30.7. The maximum Gasteiger partial charge on any atom is 0.284 e. The SMILES string of the molecule is O=C1CCC(N2C(=O)c3cccc(NCCOCC4CCC(n5cc(NC(=O)c6cnn7ccc(N8C[C@H]9C[C@@H]8CO9)nc67)c(C(F)F)n5)CC4)c3C2=O)C(=O)N1. The summed E-state index contributed by atoms with van der Waals surface area (Å²) in [5, 5.41) is 16.5. The van der Waals surface area contributed by atoms with Crippen LogP contribution in [0.2, 0.25) is 0 Å². The first-order valence-corrected chi connectivity index (χ1v) is 19.2. The highest BCUT2D eigenvalue weighted by Gasteiger charge is 2.46. The quantitative estimate of drug-likeness (QED) is 0.140. The summed E-state index contributed by atoms with van der Waals surface area (Å²) in [4.78, 5) is 71.7. The highest BCUT2D eigenvalue weighted by Crippen LogP contribution is 2.36. The third-order valence-corrected chi connectivity index (χ3v) is 11.6. The number of nitrogens with zero attached hydrogens (tertiary/aromatic N) is 7. The number of halogens is 2. The number of morpholine rings is 1. The fourth-order valence-corrected chi connectivity index (χ4v) is 8.65. The number of amides is 5. The van der Waals surface area contributed by atoms with Crippen LogP contribution in [0.25, 0.3) is 5.65 Å². The van der Waals surface area contributed by atoms with E-state index in [9.17, 15) is 32.8 Å². The number of nitrogens with one attached hydrogen (secondary N) is 3. The summed E-state index contributed by atoms with van der Waals surface area (Å²) < 4.78 is 43.1. The first-order chi connectivity index (χ1) is 27.6. The molecule has 5 aliphatic rings. The third kappa shape index (κ3) is 6.87. The number of ether oxygens (including phenoxy) is 2. The van der Waals surface area contributed by atoms with Gasteiger partial charge in [-0.15, -0.1) is 0 Å². The minimum absolute atomic E-state index is 0.0408.